The standard InChI is InChI=1S/C21H28N4O2.ClH/c1-24-14-16(11-23-24)18-12-22-13-19(18)21(27)25-9-5-8-17(25)10-20(26)15-6-3-2-4-7-15;/h2-4,6-7,11,14,17-20,22,26H,5,8-10,12-13H2,1H3;1H/t17?,18-,19+,20?;/m1./s1. The van der Waals surface area contributed by atoms with Gasteiger partial charge in [-0.25, -0.2) is 0 Å². The number of nitrogens with one attached hydrogen (secondary N) is 1. The van der Waals surface area contributed by atoms with Crippen molar-refractivity contribution in [3.63, 3.8) is 0 Å². The fraction of sp³-hybridized carbons (Fsp3) is 0.524. The molecular weight excluding hydrogens is 376 g/mol. The molecular formula is C21H29ClN4O2. The van der Waals surface area contributed by atoms with Crippen molar-refractivity contribution in [3.8, 4) is 0 Å². The molecule has 2 aromatic rings. The van der Waals surface area contributed by atoms with Crippen molar-refractivity contribution < 1.29 is 9.90 Å². The molecule has 2 saturated heterocycles. The average molecular weight is 405 g/mol. The topological polar surface area (TPSA) is 70.4 Å². The van der Waals surface area contributed by atoms with Crippen LogP contribution >= 0.6 is 12.4 Å². The highest BCUT2D eigenvalue weighted by Gasteiger charge is 2.40. The zero-order valence-corrected chi connectivity index (χ0v) is 17.0. The monoisotopic (exact) mass is 404 g/mol. The Kier molecular flexibility index (Phi) is 6.75. The summed E-state index contributed by atoms with van der Waals surface area (Å²) in [7, 11) is 1.91. The molecule has 7 heteroatoms. The van der Waals surface area contributed by atoms with Gasteiger partial charge in [-0.15, -0.1) is 12.4 Å². The van der Waals surface area contributed by atoms with Crippen molar-refractivity contribution in [1.29, 1.82) is 0 Å². The van der Waals surface area contributed by atoms with Crippen molar-refractivity contribution in [2.24, 2.45) is 13.0 Å². The number of rotatable bonds is 5. The summed E-state index contributed by atoms with van der Waals surface area (Å²) in [6.45, 7) is 2.32. The van der Waals surface area contributed by atoms with Gasteiger partial charge in [-0.3, -0.25) is 9.48 Å². The number of aliphatic hydroxyl groups excluding tert-OH is 1. The van der Waals surface area contributed by atoms with Crippen molar-refractivity contribution >= 4 is 18.3 Å². The number of carbonyl (C=O) groups is 1. The van der Waals surface area contributed by atoms with Gasteiger partial charge in [0.25, 0.3) is 0 Å². The van der Waals surface area contributed by atoms with Gasteiger partial charge in [0.05, 0.1) is 18.2 Å². The molecule has 6 nitrogen and oxygen atoms in total. The first-order valence-electron chi connectivity index (χ1n) is 9.86. The number of aliphatic hydroxyl groups is 1. The van der Waals surface area contributed by atoms with Crippen LogP contribution in [0.2, 0.25) is 0 Å². The van der Waals surface area contributed by atoms with E-state index in [2.05, 4.69) is 10.4 Å². The Bertz CT molecular complexity index is 782. The second-order valence-corrected chi connectivity index (χ2v) is 7.81. The Balaban J connectivity index is 0.00000225. The second-order valence-electron chi connectivity index (χ2n) is 7.81. The highest BCUT2D eigenvalue weighted by molar-refractivity contribution is 5.85. The Morgan fingerprint density at radius 2 is 2.11 bits per heavy atom. The maximum Gasteiger partial charge on any atom is 0.227 e. The minimum Gasteiger partial charge on any atom is -0.388 e. The molecule has 152 valence electrons. The predicted molar refractivity (Wildman–Crippen MR) is 110 cm³/mol. The van der Waals surface area contributed by atoms with Gasteiger partial charge in [0, 0.05) is 44.8 Å². The van der Waals surface area contributed by atoms with Crippen LogP contribution in [0.4, 0.5) is 0 Å². The average Bonchev–Trinajstić information content (AvgIpc) is 3.42. The maximum atomic E-state index is 13.3. The number of nitrogens with zero attached hydrogens (tertiary/aromatic N) is 3. The lowest BCUT2D eigenvalue weighted by Crippen LogP contribution is -2.42. The third kappa shape index (κ3) is 4.24. The number of likely N-dealkylation sites (tertiary alicyclic amines) is 1. The highest BCUT2D eigenvalue weighted by Crippen LogP contribution is 2.33. The summed E-state index contributed by atoms with van der Waals surface area (Å²) < 4.78 is 1.80. The normalized spacial score (nSPS) is 25.5. The van der Waals surface area contributed by atoms with Crippen LogP contribution < -0.4 is 5.32 Å². The number of benzene rings is 1. The minimum atomic E-state index is -0.527. The molecule has 0 spiro atoms. The van der Waals surface area contributed by atoms with E-state index in [1.54, 1.807) is 4.68 Å². The van der Waals surface area contributed by atoms with E-state index in [1.165, 1.54) is 0 Å². The molecule has 2 aliphatic heterocycles. The van der Waals surface area contributed by atoms with Crippen LogP contribution in [0, 0.1) is 5.92 Å². The van der Waals surface area contributed by atoms with Crippen molar-refractivity contribution in [2.75, 3.05) is 19.6 Å². The molecule has 4 rings (SSSR count). The molecule has 1 amide bonds. The SMILES string of the molecule is Cl.Cn1cc([C@H]2CNC[C@@H]2C(=O)N2CCCC2CC(O)c2ccccc2)cn1. The van der Waals surface area contributed by atoms with Gasteiger partial charge >= 0.3 is 0 Å². The van der Waals surface area contributed by atoms with E-state index in [4.69, 9.17) is 0 Å². The summed E-state index contributed by atoms with van der Waals surface area (Å²) in [5.41, 5.74) is 2.05. The van der Waals surface area contributed by atoms with Crippen molar-refractivity contribution in [1.82, 2.24) is 20.0 Å². The molecule has 1 aromatic heterocycles. The van der Waals surface area contributed by atoms with Gasteiger partial charge in [0.2, 0.25) is 5.91 Å². The summed E-state index contributed by atoms with van der Waals surface area (Å²) in [5, 5.41) is 18.3. The summed E-state index contributed by atoms with van der Waals surface area (Å²) in [6.07, 6.45) is 5.94. The minimum absolute atomic E-state index is 0. The van der Waals surface area contributed by atoms with E-state index >= 15 is 0 Å². The molecule has 0 saturated carbocycles. The lowest BCUT2D eigenvalue weighted by atomic mass is 9.89. The van der Waals surface area contributed by atoms with Crippen LogP contribution in [0.25, 0.3) is 0 Å². The smallest absolute Gasteiger partial charge is 0.227 e. The van der Waals surface area contributed by atoms with Gasteiger partial charge in [0.15, 0.2) is 0 Å². The molecule has 28 heavy (non-hydrogen) atoms. The molecule has 2 N–H and O–H groups in total. The van der Waals surface area contributed by atoms with E-state index in [0.717, 1.165) is 37.1 Å². The van der Waals surface area contributed by atoms with Crippen molar-refractivity contribution in [2.45, 2.75) is 37.3 Å². The number of aryl methyl sites for hydroxylation is 1. The molecule has 2 unspecified atom stereocenters. The van der Waals surface area contributed by atoms with E-state index < -0.39 is 6.10 Å². The summed E-state index contributed by atoms with van der Waals surface area (Å²) >= 11 is 0. The Hall–Kier alpha value is -1.89. The van der Waals surface area contributed by atoms with E-state index in [9.17, 15) is 9.90 Å². The highest BCUT2D eigenvalue weighted by atomic mass is 35.5. The Labute approximate surface area is 172 Å². The fourth-order valence-electron chi connectivity index (χ4n) is 4.57. The van der Waals surface area contributed by atoms with Crippen LogP contribution in [0.1, 0.15) is 42.4 Å². The van der Waals surface area contributed by atoms with Crippen LogP contribution in [0.5, 0.6) is 0 Å². The largest absolute Gasteiger partial charge is 0.388 e. The van der Waals surface area contributed by atoms with E-state index in [-0.39, 0.29) is 36.2 Å². The predicted octanol–water partition coefficient (Wildman–Crippen LogP) is 2.26. The quantitative estimate of drug-likeness (QED) is 0.801. The molecule has 2 fully saturated rings. The van der Waals surface area contributed by atoms with Crippen LogP contribution in [-0.4, -0.2) is 51.4 Å². The third-order valence-electron chi connectivity index (χ3n) is 6.02. The van der Waals surface area contributed by atoms with E-state index in [0.29, 0.717) is 13.0 Å². The Morgan fingerprint density at radius 3 is 2.82 bits per heavy atom. The first-order valence-corrected chi connectivity index (χ1v) is 9.86. The zero-order valence-electron chi connectivity index (χ0n) is 16.2. The number of amides is 1. The third-order valence-corrected chi connectivity index (χ3v) is 6.02. The number of carbonyl (C=O) groups excluding carboxylic acids is 1. The summed E-state index contributed by atoms with van der Waals surface area (Å²) in [4.78, 5) is 15.4. The first-order chi connectivity index (χ1) is 13.1. The number of halogens is 1. The molecule has 0 aliphatic carbocycles. The van der Waals surface area contributed by atoms with Crippen LogP contribution in [0.15, 0.2) is 42.7 Å². The van der Waals surface area contributed by atoms with Gasteiger partial charge in [-0.2, -0.15) is 5.10 Å². The first kappa shape index (κ1) is 20.8. The molecule has 0 bridgehead atoms. The van der Waals surface area contributed by atoms with Crippen molar-refractivity contribution in [3.05, 3.63) is 53.9 Å². The fourth-order valence-corrected chi connectivity index (χ4v) is 4.57. The molecule has 3 heterocycles. The second kappa shape index (κ2) is 9.07. The summed E-state index contributed by atoms with van der Waals surface area (Å²) in [5.74, 6) is 0.340. The maximum absolute atomic E-state index is 13.3. The van der Waals surface area contributed by atoms with Gasteiger partial charge in [-0.05, 0) is 30.4 Å². The lowest BCUT2D eigenvalue weighted by molar-refractivity contribution is -0.136. The lowest BCUT2D eigenvalue weighted by Gasteiger charge is -2.30. The van der Waals surface area contributed by atoms with Gasteiger partial charge in [-0.1, -0.05) is 30.3 Å². The molecule has 4 atom stereocenters. The molecule has 1 aromatic carbocycles. The molecule has 0 radical (unpaired) electrons. The number of aromatic nitrogens is 2. The van der Waals surface area contributed by atoms with Gasteiger partial charge in [0.1, 0.15) is 0 Å². The molecule has 2 aliphatic rings. The van der Waals surface area contributed by atoms with Gasteiger partial charge < -0.3 is 15.3 Å². The van der Waals surface area contributed by atoms with Crippen LogP contribution in [-0.2, 0) is 11.8 Å². The number of hydrogen-bond acceptors (Lipinski definition) is 4. The van der Waals surface area contributed by atoms with E-state index in [1.807, 2.05) is 54.7 Å². The number of hydrogen-bond donors (Lipinski definition) is 2. The van der Waals surface area contributed by atoms with Crippen LogP contribution in [0.3, 0.4) is 0 Å². The zero-order chi connectivity index (χ0) is 18.8. The Morgan fingerprint density at radius 1 is 1.32 bits per heavy atom. The summed E-state index contributed by atoms with van der Waals surface area (Å²) in [6, 6.07) is 9.85.